The molecular formula is C11H16N2. The van der Waals surface area contributed by atoms with Crippen molar-refractivity contribution in [1.29, 1.82) is 0 Å². The van der Waals surface area contributed by atoms with Crippen LogP contribution >= 0.6 is 0 Å². The minimum atomic E-state index is 0.427. The third-order valence-electron chi connectivity index (χ3n) is 2.91. The van der Waals surface area contributed by atoms with Crippen LogP contribution in [-0.4, -0.2) is 11.1 Å². The highest BCUT2D eigenvalue weighted by atomic mass is 15.4. The summed E-state index contributed by atoms with van der Waals surface area (Å²) in [5.74, 6) is 5.99. The lowest BCUT2D eigenvalue weighted by Gasteiger charge is -2.22. The van der Waals surface area contributed by atoms with E-state index in [0.717, 1.165) is 0 Å². The molecular weight excluding hydrogens is 160 g/mol. The van der Waals surface area contributed by atoms with Crippen molar-refractivity contribution in [3.8, 4) is 0 Å². The van der Waals surface area contributed by atoms with Crippen LogP contribution < -0.4 is 5.84 Å². The second-order valence-electron chi connectivity index (χ2n) is 3.80. The summed E-state index contributed by atoms with van der Waals surface area (Å²) in [6.45, 7) is 2.18. The first-order chi connectivity index (χ1) is 6.29. The van der Waals surface area contributed by atoms with Gasteiger partial charge in [-0.15, -0.1) is 0 Å². The van der Waals surface area contributed by atoms with Crippen molar-refractivity contribution < 1.29 is 0 Å². The van der Waals surface area contributed by atoms with Crippen LogP contribution in [0, 0.1) is 0 Å². The second kappa shape index (κ2) is 3.48. The van der Waals surface area contributed by atoms with E-state index in [2.05, 4.69) is 31.2 Å². The molecule has 2 rings (SSSR count). The van der Waals surface area contributed by atoms with Crippen LogP contribution in [0.5, 0.6) is 0 Å². The molecule has 0 bridgehead atoms. The molecule has 1 heterocycles. The van der Waals surface area contributed by atoms with Crippen LogP contribution in [0.4, 0.5) is 0 Å². The molecule has 1 aromatic rings. The zero-order valence-corrected chi connectivity index (χ0v) is 7.98. The molecule has 1 fully saturated rings. The summed E-state index contributed by atoms with van der Waals surface area (Å²) in [5.41, 5.74) is 1.34. The van der Waals surface area contributed by atoms with E-state index < -0.39 is 0 Å². The highest BCUT2D eigenvalue weighted by Crippen LogP contribution is 2.32. The van der Waals surface area contributed by atoms with Gasteiger partial charge in [-0.25, -0.2) is 5.01 Å². The molecule has 1 saturated heterocycles. The van der Waals surface area contributed by atoms with E-state index in [9.17, 15) is 0 Å². The Labute approximate surface area is 79.3 Å². The highest BCUT2D eigenvalue weighted by molar-refractivity contribution is 5.19. The predicted molar refractivity (Wildman–Crippen MR) is 53.9 cm³/mol. The minimum absolute atomic E-state index is 0.427. The number of nitrogens with zero attached hydrogens (tertiary/aromatic N) is 1. The van der Waals surface area contributed by atoms with Gasteiger partial charge in [0.1, 0.15) is 0 Å². The minimum Gasteiger partial charge on any atom is -0.268 e. The molecule has 1 aliphatic rings. The van der Waals surface area contributed by atoms with Gasteiger partial charge in [0.25, 0.3) is 0 Å². The van der Waals surface area contributed by atoms with Crippen molar-refractivity contribution in [2.45, 2.75) is 31.8 Å². The third kappa shape index (κ3) is 1.60. The van der Waals surface area contributed by atoms with E-state index in [-0.39, 0.29) is 0 Å². The Hall–Kier alpha value is -0.860. The maximum Gasteiger partial charge on any atom is 0.0494 e. The molecule has 0 saturated carbocycles. The molecule has 2 heteroatoms. The van der Waals surface area contributed by atoms with Crippen LogP contribution in [0.1, 0.15) is 31.4 Å². The lowest BCUT2D eigenvalue weighted by molar-refractivity contribution is 0.210. The molecule has 0 aromatic heterocycles. The van der Waals surface area contributed by atoms with Crippen molar-refractivity contribution in [2.75, 3.05) is 0 Å². The monoisotopic (exact) mass is 176 g/mol. The maximum atomic E-state index is 5.99. The van der Waals surface area contributed by atoms with E-state index in [1.165, 1.54) is 18.4 Å². The van der Waals surface area contributed by atoms with Gasteiger partial charge in [-0.2, -0.15) is 0 Å². The molecule has 70 valence electrons. The standard InChI is InChI=1S/C11H16N2/c1-9-7-8-11(13(9)12)10-5-3-2-4-6-10/h2-6,9,11H,7-8,12H2,1H3/t9-,11?/m1/s1. The van der Waals surface area contributed by atoms with E-state index >= 15 is 0 Å². The van der Waals surface area contributed by atoms with Gasteiger partial charge in [-0.1, -0.05) is 30.3 Å². The second-order valence-corrected chi connectivity index (χ2v) is 3.80. The van der Waals surface area contributed by atoms with Crippen LogP contribution in [0.25, 0.3) is 0 Å². The van der Waals surface area contributed by atoms with Crippen LogP contribution in [0.3, 0.4) is 0 Å². The van der Waals surface area contributed by atoms with E-state index in [0.29, 0.717) is 12.1 Å². The Balaban J connectivity index is 2.19. The highest BCUT2D eigenvalue weighted by Gasteiger charge is 2.28. The Kier molecular flexibility index (Phi) is 2.34. The van der Waals surface area contributed by atoms with E-state index in [1.54, 1.807) is 0 Å². The molecule has 0 radical (unpaired) electrons. The topological polar surface area (TPSA) is 29.3 Å². The summed E-state index contributed by atoms with van der Waals surface area (Å²) in [6.07, 6.45) is 2.39. The summed E-state index contributed by atoms with van der Waals surface area (Å²) in [6, 6.07) is 11.5. The molecule has 1 aliphatic heterocycles. The summed E-state index contributed by atoms with van der Waals surface area (Å²) < 4.78 is 0. The van der Waals surface area contributed by atoms with Crippen molar-refractivity contribution >= 4 is 0 Å². The van der Waals surface area contributed by atoms with Gasteiger partial charge < -0.3 is 0 Å². The molecule has 0 aliphatic carbocycles. The normalized spacial score (nSPS) is 29.4. The van der Waals surface area contributed by atoms with Gasteiger partial charge >= 0.3 is 0 Å². The fraction of sp³-hybridized carbons (Fsp3) is 0.455. The summed E-state index contributed by atoms with van der Waals surface area (Å²) in [7, 11) is 0. The fourth-order valence-electron chi connectivity index (χ4n) is 2.02. The molecule has 1 unspecified atom stereocenters. The number of benzene rings is 1. The van der Waals surface area contributed by atoms with Crippen molar-refractivity contribution in [3.05, 3.63) is 35.9 Å². The lowest BCUT2D eigenvalue weighted by Crippen LogP contribution is -2.35. The number of hydrazine groups is 1. The summed E-state index contributed by atoms with van der Waals surface area (Å²) >= 11 is 0. The number of hydrogen-bond acceptors (Lipinski definition) is 2. The Bertz CT molecular complexity index is 271. The summed E-state index contributed by atoms with van der Waals surface area (Å²) in [4.78, 5) is 0. The number of rotatable bonds is 1. The van der Waals surface area contributed by atoms with Gasteiger partial charge in [0.05, 0.1) is 0 Å². The number of nitrogens with two attached hydrogens (primary N) is 1. The average molecular weight is 176 g/mol. The van der Waals surface area contributed by atoms with Crippen molar-refractivity contribution in [1.82, 2.24) is 5.01 Å². The maximum absolute atomic E-state index is 5.99. The Morgan fingerprint density at radius 3 is 2.46 bits per heavy atom. The van der Waals surface area contributed by atoms with Gasteiger partial charge in [0, 0.05) is 12.1 Å². The fourth-order valence-corrected chi connectivity index (χ4v) is 2.02. The van der Waals surface area contributed by atoms with Crippen molar-refractivity contribution in [3.63, 3.8) is 0 Å². The Morgan fingerprint density at radius 2 is 1.92 bits per heavy atom. The first-order valence-electron chi connectivity index (χ1n) is 4.87. The summed E-state index contributed by atoms with van der Waals surface area (Å²) in [5, 5.41) is 1.98. The predicted octanol–water partition coefficient (Wildman–Crippen LogP) is 2.09. The van der Waals surface area contributed by atoms with Crippen LogP contribution in [0.15, 0.2) is 30.3 Å². The third-order valence-corrected chi connectivity index (χ3v) is 2.91. The van der Waals surface area contributed by atoms with Gasteiger partial charge in [-0.05, 0) is 25.3 Å². The molecule has 2 atom stereocenters. The zero-order chi connectivity index (χ0) is 9.26. The van der Waals surface area contributed by atoms with Crippen LogP contribution in [-0.2, 0) is 0 Å². The van der Waals surface area contributed by atoms with Crippen molar-refractivity contribution in [2.24, 2.45) is 5.84 Å². The molecule has 2 nitrogen and oxygen atoms in total. The Morgan fingerprint density at radius 1 is 1.23 bits per heavy atom. The SMILES string of the molecule is C[C@@H]1CCC(c2ccccc2)N1N. The van der Waals surface area contributed by atoms with Gasteiger partial charge in [0.15, 0.2) is 0 Å². The molecule has 1 aromatic carbocycles. The average Bonchev–Trinajstić information content (AvgIpc) is 2.49. The first-order valence-corrected chi connectivity index (χ1v) is 4.87. The quantitative estimate of drug-likeness (QED) is 0.664. The zero-order valence-electron chi connectivity index (χ0n) is 7.98. The van der Waals surface area contributed by atoms with Crippen LogP contribution in [0.2, 0.25) is 0 Å². The molecule has 0 amide bonds. The number of hydrogen-bond donors (Lipinski definition) is 1. The smallest absolute Gasteiger partial charge is 0.0494 e. The van der Waals surface area contributed by atoms with E-state index in [4.69, 9.17) is 5.84 Å². The van der Waals surface area contributed by atoms with Gasteiger partial charge in [-0.3, -0.25) is 5.84 Å². The largest absolute Gasteiger partial charge is 0.268 e. The molecule has 0 spiro atoms. The lowest BCUT2D eigenvalue weighted by atomic mass is 10.1. The molecule has 2 N–H and O–H groups in total. The first kappa shape index (κ1) is 8.73. The van der Waals surface area contributed by atoms with Gasteiger partial charge in [0.2, 0.25) is 0 Å². The molecule has 13 heavy (non-hydrogen) atoms. The van der Waals surface area contributed by atoms with E-state index in [1.807, 2.05) is 11.1 Å².